The smallest absolute Gasteiger partial charge is 0.123 e. The number of hydrogen-bond acceptors (Lipinski definition) is 2. The van der Waals surface area contributed by atoms with E-state index in [1.165, 1.54) is 12.1 Å². The number of halogens is 1. The van der Waals surface area contributed by atoms with Crippen molar-refractivity contribution in [2.24, 2.45) is 0 Å². The second-order valence-electron chi connectivity index (χ2n) is 4.24. The fourth-order valence-electron chi connectivity index (χ4n) is 1.88. The van der Waals surface area contributed by atoms with Gasteiger partial charge in [-0.1, -0.05) is 30.2 Å². The molecule has 0 aromatic heterocycles. The molecule has 0 spiro atoms. The van der Waals surface area contributed by atoms with E-state index in [2.05, 4.69) is 5.92 Å². The summed E-state index contributed by atoms with van der Waals surface area (Å²) in [6.45, 7) is 0.979. The van der Waals surface area contributed by atoms with Crippen molar-refractivity contribution < 1.29 is 42.2 Å². The molecule has 5 heteroatoms. The van der Waals surface area contributed by atoms with Crippen molar-refractivity contribution in [3.63, 3.8) is 0 Å². The Labute approximate surface area is 156 Å². The van der Waals surface area contributed by atoms with Gasteiger partial charge in [-0.05, 0) is 29.8 Å². The van der Waals surface area contributed by atoms with E-state index in [-0.39, 0.29) is 38.5 Å². The molecular weight excluding hydrogens is 356 g/mol. The molecule has 2 N–H and O–H groups in total. The number of anilines is 1. The molecule has 3 nitrogen and oxygen atoms in total. The van der Waals surface area contributed by atoms with Crippen LogP contribution in [0.4, 0.5) is 15.8 Å². The van der Waals surface area contributed by atoms with Crippen LogP contribution in [-0.4, -0.2) is 18.8 Å². The maximum Gasteiger partial charge on any atom is 0.123 e. The zero-order valence-corrected chi connectivity index (χ0v) is 15.3. The Balaban J connectivity index is 0.00000141. The molecule has 0 bridgehead atoms. The van der Waals surface area contributed by atoms with Crippen LogP contribution in [0, 0.1) is 18.2 Å². The SMILES string of the molecule is C#CCN(Cc1cccc(F)c1)c1ccc([NH-])cc1.CO.[Y]. The second-order valence-corrected chi connectivity index (χ2v) is 4.24. The number of aliphatic hydroxyl groups excluding tert-OH is 1. The van der Waals surface area contributed by atoms with Crippen molar-refractivity contribution in [3.8, 4) is 12.3 Å². The van der Waals surface area contributed by atoms with E-state index in [1.54, 1.807) is 18.2 Å². The van der Waals surface area contributed by atoms with Gasteiger partial charge in [-0.25, -0.2) is 4.39 Å². The molecule has 0 aliphatic rings. The van der Waals surface area contributed by atoms with Gasteiger partial charge in [-0.15, -0.1) is 12.1 Å². The first kappa shape index (κ1) is 20.6. The molecule has 0 saturated heterocycles. The summed E-state index contributed by atoms with van der Waals surface area (Å²) in [6, 6.07) is 13.6. The minimum Gasteiger partial charge on any atom is -0.699 e. The fraction of sp³-hybridized carbons (Fsp3) is 0.176. The van der Waals surface area contributed by atoms with Crippen LogP contribution in [0.25, 0.3) is 5.73 Å². The first-order valence-corrected chi connectivity index (χ1v) is 6.38. The normalized spacial score (nSPS) is 8.82. The Kier molecular flexibility index (Phi) is 10.5. The van der Waals surface area contributed by atoms with Crippen LogP contribution in [0.15, 0.2) is 48.5 Å². The summed E-state index contributed by atoms with van der Waals surface area (Å²) in [4.78, 5) is 1.97. The Morgan fingerprint density at radius 1 is 1.18 bits per heavy atom. The number of benzene rings is 2. The molecule has 0 fully saturated rings. The molecule has 113 valence electrons. The van der Waals surface area contributed by atoms with Crippen molar-refractivity contribution in [2.75, 3.05) is 18.6 Å². The van der Waals surface area contributed by atoms with Crippen LogP contribution in [0.5, 0.6) is 0 Å². The van der Waals surface area contributed by atoms with Crippen LogP contribution >= 0.6 is 0 Å². The van der Waals surface area contributed by atoms with Crippen LogP contribution < -0.4 is 4.90 Å². The summed E-state index contributed by atoms with van der Waals surface area (Å²) in [5.74, 6) is 2.35. The minimum absolute atomic E-state index is 0. The maximum absolute atomic E-state index is 13.2. The topological polar surface area (TPSA) is 47.3 Å². The van der Waals surface area contributed by atoms with E-state index < -0.39 is 0 Å². The molecule has 22 heavy (non-hydrogen) atoms. The van der Waals surface area contributed by atoms with E-state index in [4.69, 9.17) is 17.3 Å². The quantitative estimate of drug-likeness (QED) is 0.829. The summed E-state index contributed by atoms with van der Waals surface area (Å²) in [7, 11) is 1.00. The molecule has 1 radical (unpaired) electrons. The Hall–Kier alpha value is -1.41. The Bertz CT molecular complexity index is 596. The molecule has 2 aromatic rings. The molecular formula is C17H18FN2OY-. The largest absolute Gasteiger partial charge is 0.699 e. The van der Waals surface area contributed by atoms with Crippen LogP contribution in [0.3, 0.4) is 0 Å². The van der Waals surface area contributed by atoms with Gasteiger partial charge in [0.1, 0.15) is 5.82 Å². The number of terminal acetylenes is 1. The number of rotatable bonds is 4. The van der Waals surface area contributed by atoms with Gasteiger partial charge in [0.05, 0.1) is 6.54 Å². The summed E-state index contributed by atoms with van der Waals surface area (Å²) in [5, 5.41) is 7.00. The number of nitrogens with zero attached hydrogens (tertiary/aromatic N) is 1. The number of aliphatic hydroxyl groups is 1. The summed E-state index contributed by atoms with van der Waals surface area (Å²) >= 11 is 0. The third kappa shape index (κ3) is 6.57. The van der Waals surface area contributed by atoms with Gasteiger partial charge < -0.3 is 15.7 Å². The van der Waals surface area contributed by atoms with E-state index in [9.17, 15) is 4.39 Å². The summed E-state index contributed by atoms with van der Waals surface area (Å²) in [6.07, 6.45) is 5.38. The molecule has 0 saturated carbocycles. The average Bonchev–Trinajstić information content (AvgIpc) is 2.50. The zero-order chi connectivity index (χ0) is 15.7. The molecule has 2 rings (SSSR count). The van der Waals surface area contributed by atoms with Gasteiger partial charge in [-0.2, -0.15) is 0 Å². The van der Waals surface area contributed by atoms with E-state index >= 15 is 0 Å². The van der Waals surface area contributed by atoms with Crippen molar-refractivity contribution in [1.82, 2.24) is 0 Å². The summed E-state index contributed by atoms with van der Waals surface area (Å²) in [5.41, 5.74) is 9.72. The van der Waals surface area contributed by atoms with Crippen LogP contribution in [0.1, 0.15) is 5.56 Å². The van der Waals surface area contributed by atoms with Gasteiger partial charge in [0.15, 0.2) is 0 Å². The van der Waals surface area contributed by atoms with Gasteiger partial charge in [-0.3, -0.25) is 0 Å². The van der Waals surface area contributed by atoms with Crippen molar-refractivity contribution >= 4 is 11.4 Å². The average molecular weight is 374 g/mol. The van der Waals surface area contributed by atoms with Gasteiger partial charge in [0.25, 0.3) is 0 Å². The van der Waals surface area contributed by atoms with Crippen LogP contribution in [0.2, 0.25) is 0 Å². The zero-order valence-electron chi connectivity index (χ0n) is 12.5. The standard InChI is InChI=1S/C16H14FN2.CH4O.Y/c1-2-10-19(16-8-6-15(18)7-9-16)12-13-4-3-5-14(17)11-13;1-2;/h1,3-9,11,18H,10,12H2;2H,1H3;/q-1;;. The molecule has 0 atom stereocenters. The van der Waals surface area contributed by atoms with E-state index in [1.807, 2.05) is 23.1 Å². The first-order valence-electron chi connectivity index (χ1n) is 6.38. The molecule has 2 aromatic carbocycles. The van der Waals surface area contributed by atoms with Gasteiger partial charge in [0.2, 0.25) is 0 Å². The minimum atomic E-state index is -0.250. The monoisotopic (exact) mass is 374 g/mol. The predicted molar refractivity (Wildman–Crippen MR) is 84.8 cm³/mol. The Morgan fingerprint density at radius 2 is 1.82 bits per heavy atom. The third-order valence-corrected chi connectivity index (χ3v) is 2.78. The van der Waals surface area contributed by atoms with Crippen molar-refractivity contribution in [3.05, 3.63) is 65.6 Å². The summed E-state index contributed by atoms with van der Waals surface area (Å²) < 4.78 is 13.2. The molecule has 0 amide bonds. The second kappa shape index (κ2) is 11.2. The van der Waals surface area contributed by atoms with Gasteiger partial charge in [0, 0.05) is 52.1 Å². The molecule has 0 aliphatic carbocycles. The van der Waals surface area contributed by atoms with Gasteiger partial charge >= 0.3 is 0 Å². The van der Waals surface area contributed by atoms with Crippen molar-refractivity contribution in [1.29, 1.82) is 0 Å². The molecule has 0 aliphatic heterocycles. The number of nitrogens with one attached hydrogen (secondary N) is 1. The predicted octanol–water partition coefficient (Wildman–Crippen LogP) is 3.76. The fourth-order valence-corrected chi connectivity index (χ4v) is 1.88. The third-order valence-electron chi connectivity index (χ3n) is 2.78. The molecule has 0 heterocycles. The molecule has 0 unspecified atom stereocenters. The maximum atomic E-state index is 13.2. The first-order chi connectivity index (χ1) is 10.2. The number of hydrogen-bond donors (Lipinski definition) is 1. The van der Waals surface area contributed by atoms with Crippen molar-refractivity contribution in [2.45, 2.75) is 6.54 Å². The van der Waals surface area contributed by atoms with Crippen LogP contribution in [-0.2, 0) is 39.3 Å². The van der Waals surface area contributed by atoms with E-state index in [0.29, 0.717) is 18.8 Å². The Morgan fingerprint density at radius 3 is 2.36 bits per heavy atom. The van der Waals surface area contributed by atoms with E-state index in [0.717, 1.165) is 18.4 Å².